The highest BCUT2D eigenvalue weighted by atomic mass is 15.1. The van der Waals surface area contributed by atoms with Crippen LogP contribution in [0.2, 0.25) is 0 Å². The molecule has 0 radical (unpaired) electrons. The molecule has 0 aromatic heterocycles. The maximum Gasteiger partial charge on any atom is 0.0708 e. The molecule has 0 N–H and O–H groups in total. The third-order valence-electron chi connectivity index (χ3n) is 4.79. The summed E-state index contributed by atoms with van der Waals surface area (Å²) in [5.74, 6) is 0. The van der Waals surface area contributed by atoms with E-state index in [-0.39, 0.29) is 0 Å². The smallest absolute Gasteiger partial charge is 0.0708 e. The van der Waals surface area contributed by atoms with E-state index in [0.717, 1.165) is 0 Å². The van der Waals surface area contributed by atoms with Crippen LogP contribution in [0.15, 0.2) is 10.2 Å². The van der Waals surface area contributed by atoms with Crippen molar-refractivity contribution in [1.82, 2.24) is 0 Å². The van der Waals surface area contributed by atoms with E-state index in [0.29, 0.717) is 12.1 Å². The summed E-state index contributed by atoms with van der Waals surface area (Å²) in [7, 11) is 0. The Morgan fingerprint density at radius 1 is 0.368 bits per heavy atom. The lowest BCUT2D eigenvalue weighted by Crippen LogP contribution is -2.11. The summed E-state index contributed by atoms with van der Waals surface area (Å²) in [6.07, 6.45) is 20.6. The molecule has 2 aliphatic carbocycles. The van der Waals surface area contributed by atoms with Crippen molar-refractivity contribution in [3.8, 4) is 0 Å². The first-order valence-electron chi connectivity index (χ1n) is 8.85. The number of azo groups is 1. The van der Waals surface area contributed by atoms with E-state index in [2.05, 4.69) is 5.11 Å². The molecule has 0 aromatic carbocycles. The minimum Gasteiger partial charge on any atom is -0.191 e. The van der Waals surface area contributed by atoms with Crippen molar-refractivity contribution in [3.63, 3.8) is 0 Å². The van der Waals surface area contributed by atoms with Crippen LogP contribution in [0.4, 0.5) is 0 Å². The molecule has 0 aromatic rings. The lowest BCUT2D eigenvalue weighted by atomic mass is 9.96. The van der Waals surface area contributed by atoms with Crippen LogP contribution in [0, 0.1) is 0 Å². The van der Waals surface area contributed by atoms with E-state index < -0.39 is 0 Å². The van der Waals surface area contributed by atoms with Gasteiger partial charge >= 0.3 is 0 Å². The monoisotopic (exact) mass is 264 g/mol. The zero-order valence-corrected chi connectivity index (χ0v) is 12.7. The maximum absolute atomic E-state index is 4.74. The fourth-order valence-corrected chi connectivity index (χ4v) is 3.47. The first kappa shape index (κ1) is 15.0. The molecule has 2 fully saturated rings. The molecule has 2 nitrogen and oxygen atoms in total. The van der Waals surface area contributed by atoms with Crippen molar-refractivity contribution in [1.29, 1.82) is 0 Å². The summed E-state index contributed by atoms with van der Waals surface area (Å²) in [5.41, 5.74) is 0. The predicted molar refractivity (Wildman–Crippen MR) is 81.7 cm³/mol. The van der Waals surface area contributed by atoms with Gasteiger partial charge in [0.25, 0.3) is 0 Å². The van der Waals surface area contributed by atoms with E-state index in [9.17, 15) is 0 Å². The minimum atomic E-state index is 0.542. The maximum atomic E-state index is 4.74. The molecular weight excluding hydrogens is 232 g/mol. The van der Waals surface area contributed by atoms with E-state index >= 15 is 0 Å². The molecule has 0 bridgehead atoms. The molecule has 0 unspecified atom stereocenters. The molecule has 0 aliphatic heterocycles. The standard InChI is InChI=1S/C17H32N2/c1-2-4-6-9-13-16(12-8-5-3-1)18-19-17-14-10-7-11-15-17/h16-17H,1-15H2/b19-18-. The number of hydrogen-bond acceptors (Lipinski definition) is 2. The highest BCUT2D eigenvalue weighted by Crippen LogP contribution is 2.23. The zero-order chi connectivity index (χ0) is 13.2. The Hall–Kier alpha value is -0.400. The van der Waals surface area contributed by atoms with Crippen LogP contribution >= 0.6 is 0 Å². The molecule has 0 saturated heterocycles. The summed E-state index contributed by atoms with van der Waals surface area (Å²) in [4.78, 5) is 0. The van der Waals surface area contributed by atoms with Gasteiger partial charge in [0.2, 0.25) is 0 Å². The molecule has 0 spiro atoms. The Kier molecular flexibility index (Phi) is 7.50. The SMILES string of the molecule is C1CCCCCC(/N=N\C2CCCCC2)CCCC1. The minimum absolute atomic E-state index is 0.542. The Balaban J connectivity index is 1.75. The van der Waals surface area contributed by atoms with Gasteiger partial charge in [-0.05, 0) is 25.7 Å². The van der Waals surface area contributed by atoms with Crippen molar-refractivity contribution >= 4 is 0 Å². The van der Waals surface area contributed by atoms with Gasteiger partial charge in [0.05, 0.1) is 12.1 Å². The van der Waals surface area contributed by atoms with E-state index in [4.69, 9.17) is 5.11 Å². The van der Waals surface area contributed by atoms with Crippen LogP contribution in [0.3, 0.4) is 0 Å². The van der Waals surface area contributed by atoms with Crippen LogP contribution in [0.25, 0.3) is 0 Å². The zero-order valence-electron chi connectivity index (χ0n) is 12.7. The Morgan fingerprint density at radius 3 is 1.00 bits per heavy atom. The lowest BCUT2D eigenvalue weighted by molar-refractivity contribution is 0.409. The normalized spacial score (nSPS) is 26.3. The lowest BCUT2D eigenvalue weighted by Gasteiger charge is -2.18. The van der Waals surface area contributed by atoms with Gasteiger partial charge in [-0.2, -0.15) is 10.2 Å². The van der Waals surface area contributed by atoms with E-state index in [1.165, 1.54) is 96.3 Å². The van der Waals surface area contributed by atoms with Crippen molar-refractivity contribution in [3.05, 3.63) is 0 Å². The molecule has 2 aliphatic rings. The molecular formula is C17H32N2. The molecule has 0 heterocycles. The number of rotatable bonds is 2. The van der Waals surface area contributed by atoms with Gasteiger partial charge in [-0.15, -0.1) is 0 Å². The average molecular weight is 264 g/mol. The first-order valence-corrected chi connectivity index (χ1v) is 8.85. The van der Waals surface area contributed by atoms with Crippen LogP contribution in [0.5, 0.6) is 0 Å². The second kappa shape index (κ2) is 9.50. The fraction of sp³-hybridized carbons (Fsp3) is 1.00. The highest BCUT2D eigenvalue weighted by molar-refractivity contribution is 4.72. The van der Waals surface area contributed by atoms with Gasteiger partial charge in [-0.1, -0.05) is 70.6 Å². The van der Waals surface area contributed by atoms with Gasteiger partial charge in [-0.3, -0.25) is 0 Å². The molecule has 2 rings (SSSR count). The Morgan fingerprint density at radius 2 is 0.632 bits per heavy atom. The highest BCUT2D eigenvalue weighted by Gasteiger charge is 2.13. The van der Waals surface area contributed by atoms with Gasteiger partial charge in [0.1, 0.15) is 0 Å². The van der Waals surface area contributed by atoms with Crippen LogP contribution in [-0.2, 0) is 0 Å². The van der Waals surface area contributed by atoms with Crippen molar-refractivity contribution in [2.24, 2.45) is 10.2 Å². The third-order valence-corrected chi connectivity index (χ3v) is 4.79. The summed E-state index contributed by atoms with van der Waals surface area (Å²) in [6.45, 7) is 0. The van der Waals surface area contributed by atoms with Crippen molar-refractivity contribution in [2.45, 2.75) is 108 Å². The molecule has 2 heteroatoms. The van der Waals surface area contributed by atoms with Crippen LogP contribution in [0.1, 0.15) is 96.3 Å². The molecule has 0 atom stereocenters. The van der Waals surface area contributed by atoms with Gasteiger partial charge in [0.15, 0.2) is 0 Å². The second-order valence-electron chi connectivity index (χ2n) is 6.58. The summed E-state index contributed by atoms with van der Waals surface area (Å²) in [5, 5.41) is 9.42. The Bertz CT molecular complexity index is 232. The quantitative estimate of drug-likeness (QED) is 0.542. The topological polar surface area (TPSA) is 24.7 Å². The number of nitrogens with zero attached hydrogens (tertiary/aromatic N) is 2. The fourth-order valence-electron chi connectivity index (χ4n) is 3.47. The first-order chi connectivity index (χ1) is 9.45. The molecule has 19 heavy (non-hydrogen) atoms. The predicted octanol–water partition coefficient (Wildman–Crippen LogP) is 6.05. The van der Waals surface area contributed by atoms with Gasteiger partial charge in [0, 0.05) is 0 Å². The molecule has 110 valence electrons. The third kappa shape index (κ3) is 6.54. The van der Waals surface area contributed by atoms with Crippen molar-refractivity contribution in [2.75, 3.05) is 0 Å². The van der Waals surface area contributed by atoms with Crippen LogP contribution in [-0.4, -0.2) is 12.1 Å². The van der Waals surface area contributed by atoms with Gasteiger partial charge < -0.3 is 0 Å². The second-order valence-corrected chi connectivity index (χ2v) is 6.58. The summed E-state index contributed by atoms with van der Waals surface area (Å²) >= 11 is 0. The Labute approximate surface area is 119 Å². The summed E-state index contributed by atoms with van der Waals surface area (Å²) in [6, 6.07) is 1.10. The largest absolute Gasteiger partial charge is 0.191 e. The van der Waals surface area contributed by atoms with Crippen molar-refractivity contribution < 1.29 is 0 Å². The van der Waals surface area contributed by atoms with Gasteiger partial charge in [-0.25, -0.2) is 0 Å². The molecule has 2 saturated carbocycles. The summed E-state index contributed by atoms with van der Waals surface area (Å²) < 4.78 is 0. The number of hydrogen-bond donors (Lipinski definition) is 0. The average Bonchev–Trinajstić information content (AvgIpc) is 2.52. The van der Waals surface area contributed by atoms with E-state index in [1.54, 1.807) is 0 Å². The van der Waals surface area contributed by atoms with Crippen LogP contribution < -0.4 is 0 Å². The molecule has 0 amide bonds. The van der Waals surface area contributed by atoms with E-state index in [1.807, 2.05) is 0 Å².